The summed E-state index contributed by atoms with van der Waals surface area (Å²) >= 11 is 14.3. The van der Waals surface area contributed by atoms with Crippen LogP contribution in [0.15, 0.2) is 103 Å². The fourth-order valence-corrected chi connectivity index (χ4v) is 17.1. The smallest absolute Gasteiger partial charge is 0.325 e. The highest BCUT2D eigenvalue weighted by Gasteiger charge is 2.51. The van der Waals surface area contributed by atoms with Crippen molar-refractivity contribution >= 4 is 88.1 Å². The van der Waals surface area contributed by atoms with Crippen LogP contribution in [0.4, 0.5) is 10.5 Å². The lowest BCUT2D eigenvalue weighted by Crippen LogP contribution is -2.60. The highest BCUT2D eigenvalue weighted by Crippen LogP contribution is 2.55. The molecule has 0 aromatic heterocycles. The molecular formula is C81H92Cl2N12O23. The van der Waals surface area contributed by atoms with Crippen LogP contribution < -0.4 is 83.2 Å². The Labute approximate surface area is 685 Å². The van der Waals surface area contributed by atoms with E-state index < -0.39 is 197 Å². The summed E-state index contributed by atoms with van der Waals surface area (Å²) in [4.78, 5) is 149. The molecule has 6 aromatic carbocycles. The van der Waals surface area contributed by atoms with Crippen molar-refractivity contribution in [2.45, 2.75) is 163 Å². The van der Waals surface area contributed by atoms with Crippen molar-refractivity contribution in [3.8, 4) is 62.9 Å². The first-order chi connectivity index (χ1) is 56.3. The molecular weight excluding hydrogens is 1580 g/mol. The van der Waals surface area contributed by atoms with Gasteiger partial charge in [0, 0.05) is 48.9 Å². The number of phenolic OH excluding ortho intramolecular Hbond substituents is 3. The number of rotatable bonds is 18. The molecule has 1 saturated heterocycles. The molecule has 21 N–H and O–H groups in total. The number of urea groups is 1. The summed E-state index contributed by atoms with van der Waals surface area (Å²) in [7, 11) is 1.47. The Kier molecular flexibility index (Phi) is 25.9. The number of nitrogens with one attached hydrogen (secondary N) is 11. The zero-order valence-corrected chi connectivity index (χ0v) is 65.7. The van der Waals surface area contributed by atoms with Gasteiger partial charge in [0.25, 0.3) is 0 Å². The van der Waals surface area contributed by atoms with Gasteiger partial charge in [-0.1, -0.05) is 55.2 Å². The maximum absolute atomic E-state index is 16.4. The van der Waals surface area contributed by atoms with Gasteiger partial charge in [-0.05, 0) is 188 Å². The summed E-state index contributed by atoms with van der Waals surface area (Å²) < 4.78 is 31.4. The summed E-state index contributed by atoms with van der Waals surface area (Å²) in [6.45, 7) is 5.09. The van der Waals surface area contributed by atoms with Crippen molar-refractivity contribution in [1.29, 1.82) is 0 Å². The number of fused-ring (bicyclic) bond motifs is 15. The number of amides is 11. The molecule has 0 spiro atoms. The number of hydrogen-bond donors (Lipinski definition) is 20. The Morgan fingerprint density at radius 1 is 0.636 bits per heavy atom. The molecule has 10 aliphatic rings. The zero-order valence-electron chi connectivity index (χ0n) is 64.2. The normalized spacial score (nSPS) is 27.4. The van der Waals surface area contributed by atoms with Gasteiger partial charge in [-0.25, -0.2) is 4.79 Å². The van der Waals surface area contributed by atoms with Gasteiger partial charge in [-0.3, -0.25) is 48.5 Å². The number of ether oxygens (including phenoxy) is 5. The number of likely N-dealkylation sites (N-methyl/N-ethyl adjacent to an activating group) is 1. The second-order valence-corrected chi connectivity index (χ2v) is 31.9. The van der Waals surface area contributed by atoms with Gasteiger partial charge >= 0.3 is 6.03 Å². The Hall–Kier alpha value is -11.1. The molecule has 6 aromatic rings. The minimum absolute atomic E-state index is 0.0639. The second-order valence-electron chi connectivity index (χ2n) is 31.1. The van der Waals surface area contributed by atoms with Crippen LogP contribution in [0, 0.1) is 29.6 Å². The standard InChI is InChI=1S/C81H92Cl2N12O23/c1-33(2)18-50(85-4)73(106)94-65-67(101)38-7-14-54(48(82)25-38)115-56-27-42-28-57(72(56)118-80-71(105)70(104)69(103)58(32-84)117-80)116-55-15-8-39(26-49(55)83)68(102)66-79(112)93-64(77(110)90-61-40-20-35-19-36(22-40)23-41(61)21-35)47-29-44(97)30-53(99)60(47)46-24-37(6-13-52(46)98)62(75(108)95-66)92-76(109)63(42)91-74(107)51(88-78(65)111)31-59(100)89-81(113)87-43-9-11-45(12-10-43)114-17-5-16-86-34(3)96/h6-15,24-30,33,35-36,40-41,50-51,58,61-71,80,85,97-99,101-105H,5,16-23,31-32,84H2,1-4H3,(H,86,96)(H,88,111)(H,90,110)(H,91,107)(H,92,109)(H,93,112)(H,94,106)(H,95,108)(H2,87,89,100,113)/t35?,36?,40?,41?,50-,51+,58-,61?,62-,63-,64+,65-,66+,67-,68-,69-,70+,71-,80+/m1/s1. The van der Waals surface area contributed by atoms with Crippen molar-refractivity contribution in [2.75, 3.05) is 32.1 Å². The number of anilines is 1. The summed E-state index contributed by atoms with van der Waals surface area (Å²) in [5.74, 6) is -13.4. The third-order valence-electron chi connectivity index (χ3n) is 22.3. The predicted octanol–water partition coefficient (Wildman–Crippen LogP) is 3.46. The van der Waals surface area contributed by atoms with Gasteiger partial charge in [0.05, 0.1) is 29.1 Å². The molecule has 11 amide bonds. The van der Waals surface area contributed by atoms with E-state index in [0.29, 0.717) is 30.6 Å². The summed E-state index contributed by atoms with van der Waals surface area (Å²) in [5.41, 5.74) is 3.90. The number of nitrogens with two attached hydrogens (primary N) is 1. The Balaban J connectivity index is 0.968. The molecule has 5 fully saturated rings. The number of aromatic hydroxyl groups is 3. The molecule has 118 heavy (non-hydrogen) atoms. The number of halogens is 2. The minimum Gasteiger partial charge on any atom is -0.508 e. The van der Waals surface area contributed by atoms with Crippen LogP contribution in [0.3, 0.4) is 0 Å². The lowest BCUT2D eigenvalue weighted by molar-refractivity contribution is -0.270. The number of aliphatic hydroxyl groups is 5. The first-order valence-corrected chi connectivity index (χ1v) is 39.4. The van der Waals surface area contributed by atoms with Gasteiger partial charge in [0.1, 0.15) is 107 Å². The van der Waals surface area contributed by atoms with E-state index in [4.69, 9.17) is 52.6 Å². The maximum atomic E-state index is 16.4. The average Bonchev–Trinajstić information content (AvgIpc) is 0.743. The molecule has 4 aliphatic carbocycles. The van der Waals surface area contributed by atoms with Crippen LogP contribution in [0.1, 0.15) is 130 Å². The highest BCUT2D eigenvalue weighted by molar-refractivity contribution is 6.32. The van der Waals surface area contributed by atoms with Crippen LogP contribution in [0.5, 0.6) is 51.7 Å². The fourth-order valence-electron chi connectivity index (χ4n) is 16.7. The summed E-state index contributed by atoms with van der Waals surface area (Å²) in [6, 6.07) is 4.56. The molecule has 37 heteroatoms. The van der Waals surface area contributed by atoms with E-state index in [9.17, 15) is 60.0 Å². The Morgan fingerprint density at radius 2 is 1.25 bits per heavy atom. The Morgan fingerprint density at radius 3 is 1.87 bits per heavy atom. The van der Waals surface area contributed by atoms with Crippen molar-refractivity contribution in [1.82, 2.24) is 53.2 Å². The van der Waals surface area contributed by atoms with Crippen LogP contribution in [-0.4, -0.2) is 188 Å². The van der Waals surface area contributed by atoms with Crippen LogP contribution in [0.2, 0.25) is 10.0 Å². The summed E-state index contributed by atoms with van der Waals surface area (Å²) in [5, 5.41) is 123. The van der Waals surface area contributed by atoms with E-state index >= 15 is 28.8 Å². The average molecular weight is 1670 g/mol. The molecule has 0 radical (unpaired) electrons. The van der Waals surface area contributed by atoms with Gasteiger partial charge in [0.15, 0.2) is 11.5 Å². The monoisotopic (exact) mass is 1670 g/mol. The van der Waals surface area contributed by atoms with Gasteiger partial charge < -0.3 is 123 Å². The number of hydrogen-bond acceptors (Lipinski definition) is 25. The largest absolute Gasteiger partial charge is 0.508 e. The van der Waals surface area contributed by atoms with Gasteiger partial charge in [-0.15, -0.1) is 0 Å². The van der Waals surface area contributed by atoms with E-state index in [1.807, 2.05) is 13.8 Å². The minimum atomic E-state index is -2.39. The number of imide groups is 1. The number of phenols is 3. The first-order valence-electron chi connectivity index (χ1n) is 38.6. The van der Waals surface area contributed by atoms with E-state index in [-0.39, 0.29) is 98.3 Å². The molecule has 14 atom stereocenters. The number of carbonyl (C=O) groups is 10. The van der Waals surface area contributed by atoms with Crippen molar-refractivity contribution < 1.29 is 112 Å². The molecule has 0 unspecified atom stereocenters. The number of carbonyl (C=O) groups excluding carboxylic acids is 10. The van der Waals surface area contributed by atoms with Crippen molar-refractivity contribution in [3.63, 3.8) is 0 Å². The van der Waals surface area contributed by atoms with E-state index in [0.717, 1.165) is 86.7 Å². The van der Waals surface area contributed by atoms with Crippen molar-refractivity contribution in [3.05, 3.63) is 141 Å². The molecule has 628 valence electrons. The van der Waals surface area contributed by atoms with Crippen molar-refractivity contribution in [2.24, 2.45) is 35.3 Å². The lowest BCUT2D eigenvalue weighted by atomic mass is 9.54. The quantitative estimate of drug-likeness (QED) is 0.0548. The van der Waals surface area contributed by atoms with E-state index in [2.05, 4.69) is 58.5 Å². The number of benzene rings is 6. The first kappa shape index (κ1) is 84.8. The third-order valence-corrected chi connectivity index (χ3v) is 22.9. The zero-order chi connectivity index (χ0) is 84.4. The molecule has 35 nitrogen and oxygen atoms in total. The second kappa shape index (κ2) is 36.0. The van der Waals surface area contributed by atoms with Crippen LogP contribution in [0.25, 0.3) is 11.1 Å². The molecule has 6 aliphatic heterocycles. The molecule has 16 rings (SSSR count). The summed E-state index contributed by atoms with van der Waals surface area (Å²) in [6.07, 6.45) is -9.88. The molecule has 6 heterocycles. The van der Waals surface area contributed by atoms with Crippen LogP contribution in [-0.2, 0) is 47.9 Å². The van der Waals surface area contributed by atoms with Crippen LogP contribution >= 0.6 is 23.2 Å². The Bertz CT molecular complexity index is 4860. The highest BCUT2D eigenvalue weighted by atomic mass is 35.5. The topological polar surface area (TPSA) is 537 Å². The SMILES string of the molecule is CN[C@H](CC(C)C)C(=O)N[C@H]1C(=O)N[C@@H](CC(=O)NC(=O)Nc2ccc(OCCCNC(C)=O)cc2)C(=O)N[C@H]2C(=O)N[C@H]3C(=O)N[C@H](C(=O)N[C@H](C(=O)NC4C5CC6CC(C5)CC4C6)c4cc(O)cc(O)c4-c4cc3ccc4O)[C@H](O)c3ccc(c(Cl)c3)Oc3cc2cc(c3O[C@@H]2O[C@H](CN)[C@@H](O)[C@H](O)[C@H]2O)Oc2ccc(cc2Cl)[C@H]1O. The molecule has 15 bridgehead atoms. The lowest BCUT2D eigenvalue weighted by Gasteiger charge is -2.54. The number of aliphatic hydroxyl groups excluding tert-OH is 5. The maximum Gasteiger partial charge on any atom is 0.325 e. The van der Waals surface area contributed by atoms with Gasteiger partial charge in [0.2, 0.25) is 65.2 Å². The third kappa shape index (κ3) is 18.7. The molecule has 4 saturated carbocycles. The van der Waals surface area contributed by atoms with E-state index in [1.54, 1.807) is 0 Å². The van der Waals surface area contributed by atoms with Gasteiger partial charge in [-0.2, -0.15) is 0 Å². The predicted molar refractivity (Wildman–Crippen MR) is 419 cm³/mol. The fraction of sp³-hybridized carbons (Fsp3) is 0.432. The van der Waals surface area contributed by atoms with E-state index in [1.165, 1.54) is 62.5 Å².